The van der Waals surface area contributed by atoms with Crippen molar-refractivity contribution in [2.45, 2.75) is 27.2 Å². The molecule has 0 radical (unpaired) electrons. The van der Waals surface area contributed by atoms with Crippen LogP contribution in [0.15, 0.2) is 24.3 Å². The van der Waals surface area contributed by atoms with Crippen LogP contribution in [0.5, 0.6) is 0 Å². The van der Waals surface area contributed by atoms with Crippen molar-refractivity contribution in [3.8, 4) is 0 Å². The smallest absolute Gasteiger partial charge is 0.221 e. The summed E-state index contributed by atoms with van der Waals surface area (Å²) in [6, 6.07) is 8.01. The van der Waals surface area contributed by atoms with Crippen LogP contribution in [0.4, 0.5) is 5.69 Å². The Labute approximate surface area is 106 Å². The molecule has 1 amide bonds. The van der Waals surface area contributed by atoms with Crippen molar-refractivity contribution in [3.05, 3.63) is 29.8 Å². The molecule has 0 spiro atoms. The first kappa shape index (κ1) is 13.2. The molecule has 0 bridgehead atoms. The van der Waals surface area contributed by atoms with Crippen LogP contribution in [0.3, 0.4) is 0 Å². The van der Waals surface area contributed by atoms with Gasteiger partial charge in [0.2, 0.25) is 5.91 Å². The monoisotopic (exact) mass is 283 g/mol. The molecular formula is C13H18BrNO. The number of hydrogen-bond donors (Lipinski definition) is 1. The van der Waals surface area contributed by atoms with Crippen molar-refractivity contribution in [2.24, 2.45) is 5.41 Å². The number of alkyl halides is 1. The van der Waals surface area contributed by atoms with E-state index in [9.17, 15) is 4.79 Å². The lowest BCUT2D eigenvalue weighted by Crippen LogP contribution is -2.16. The molecule has 0 unspecified atom stereocenters. The van der Waals surface area contributed by atoms with E-state index in [-0.39, 0.29) is 11.3 Å². The molecule has 0 saturated carbocycles. The first-order valence-corrected chi connectivity index (χ1v) is 6.47. The second-order valence-corrected chi connectivity index (χ2v) is 5.42. The topological polar surface area (TPSA) is 29.1 Å². The summed E-state index contributed by atoms with van der Waals surface area (Å²) in [5, 5.41) is 3.76. The SMILES string of the molecule is CC(=O)Nc1cccc(CC(C)(C)CBr)c1. The molecule has 1 N–H and O–H groups in total. The normalized spacial score (nSPS) is 11.2. The summed E-state index contributed by atoms with van der Waals surface area (Å²) < 4.78 is 0. The van der Waals surface area contributed by atoms with Gasteiger partial charge in [0.15, 0.2) is 0 Å². The zero-order chi connectivity index (χ0) is 12.2. The molecule has 16 heavy (non-hydrogen) atoms. The Kier molecular flexibility index (Phi) is 4.54. The third-order valence-corrected chi connectivity index (χ3v) is 3.81. The number of anilines is 1. The summed E-state index contributed by atoms with van der Waals surface area (Å²) in [5.74, 6) is -0.0306. The number of benzene rings is 1. The van der Waals surface area contributed by atoms with Crippen LogP contribution in [-0.4, -0.2) is 11.2 Å². The molecule has 88 valence electrons. The third kappa shape index (κ3) is 4.35. The van der Waals surface area contributed by atoms with E-state index >= 15 is 0 Å². The summed E-state index contributed by atoms with van der Waals surface area (Å²) in [6.45, 7) is 5.95. The zero-order valence-electron chi connectivity index (χ0n) is 10.0. The molecule has 3 heteroatoms. The number of hydrogen-bond acceptors (Lipinski definition) is 1. The Morgan fingerprint density at radius 1 is 1.44 bits per heavy atom. The van der Waals surface area contributed by atoms with Gasteiger partial charge in [-0.3, -0.25) is 4.79 Å². The van der Waals surface area contributed by atoms with Crippen molar-refractivity contribution in [1.29, 1.82) is 0 Å². The maximum atomic E-state index is 10.9. The molecule has 0 aliphatic rings. The van der Waals surface area contributed by atoms with E-state index in [1.54, 1.807) is 0 Å². The molecule has 0 aliphatic carbocycles. The number of carbonyl (C=O) groups excluding carboxylic acids is 1. The van der Waals surface area contributed by atoms with E-state index in [4.69, 9.17) is 0 Å². The van der Waals surface area contributed by atoms with Gasteiger partial charge in [0.25, 0.3) is 0 Å². The van der Waals surface area contributed by atoms with Crippen molar-refractivity contribution in [1.82, 2.24) is 0 Å². The highest BCUT2D eigenvalue weighted by atomic mass is 79.9. The molecule has 1 aromatic rings. The number of amides is 1. The fourth-order valence-electron chi connectivity index (χ4n) is 1.56. The van der Waals surface area contributed by atoms with Crippen molar-refractivity contribution >= 4 is 27.5 Å². The third-order valence-electron chi connectivity index (χ3n) is 2.29. The van der Waals surface area contributed by atoms with Gasteiger partial charge in [0, 0.05) is 17.9 Å². The molecule has 1 rings (SSSR count). The molecule has 1 aromatic carbocycles. The van der Waals surface area contributed by atoms with Gasteiger partial charge in [0.1, 0.15) is 0 Å². The lowest BCUT2D eigenvalue weighted by Gasteiger charge is -2.21. The fraction of sp³-hybridized carbons (Fsp3) is 0.462. The van der Waals surface area contributed by atoms with Crippen LogP contribution in [0.2, 0.25) is 0 Å². The summed E-state index contributed by atoms with van der Waals surface area (Å²) in [7, 11) is 0. The predicted molar refractivity (Wildman–Crippen MR) is 72.0 cm³/mol. The first-order valence-electron chi connectivity index (χ1n) is 5.35. The Morgan fingerprint density at radius 3 is 2.69 bits per heavy atom. The Balaban J connectivity index is 2.78. The van der Waals surface area contributed by atoms with E-state index in [0.29, 0.717) is 0 Å². The number of nitrogens with one attached hydrogen (secondary N) is 1. The predicted octanol–water partition coefficient (Wildman–Crippen LogP) is 3.61. The zero-order valence-corrected chi connectivity index (χ0v) is 11.6. The average Bonchev–Trinajstić information content (AvgIpc) is 2.16. The van der Waals surface area contributed by atoms with Gasteiger partial charge in [-0.05, 0) is 29.5 Å². The van der Waals surface area contributed by atoms with Crippen molar-refractivity contribution in [3.63, 3.8) is 0 Å². The van der Waals surface area contributed by atoms with Crippen LogP contribution in [0.1, 0.15) is 26.3 Å². The minimum atomic E-state index is -0.0306. The fourth-order valence-corrected chi connectivity index (χ4v) is 1.76. The van der Waals surface area contributed by atoms with Gasteiger partial charge in [-0.15, -0.1) is 0 Å². The highest BCUT2D eigenvalue weighted by Crippen LogP contribution is 2.25. The maximum absolute atomic E-state index is 10.9. The average molecular weight is 284 g/mol. The van der Waals surface area contributed by atoms with Crippen LogP contribution < -0.4 is 5.32 Å². The highest BCUT2D eigenvalue weighted by molar-refractivity contribution is 9.09. The first-order chi connectivity index (χ1) is 7.43. The Morgan fingerprint density at radius 2 is 2.12 bits per heavy atom. The summed E-state index contributed by atoms with van der Waals surface area (Å²) in [4.78, 5) is 10.9. The van der Waals surface area contributed by atoms with E-state index in [1.165, 1.54) is 12.5 Å². The molecule has 0 saturated heterocycles. The Bertz CT molecular complexity index is 374. The van der Waals surface area contributed by atoms with Gasteiger partial charge in [0.05, 0.1) is 0 Å². The second-order valence-electron chi connectivity index (χ2n) is 4.86. The minimum Gasteiger partial charge on any atom is -0.326 e. The number of halogens is 1. The summed E-state index contributed by atoms with van der Waals surface area (Å²) in [5.41, 5.74) is 2.35. The Hall–Kier alpha value is -0.830. The van der Waals surface area contributed by atoms with E-state index in [0.717, 1.165) is 17.4 Å². The van der Waals surface area contributed by atoms with Gasteiger partial charge >= 0.3 is 0 Å². The largest absolute Gasteiger partial charge is 0.326 e. The van der Waals surface area contributed by atoms with Gasteiger partial charge in [-0.25, -0.2) is 0 Å². The van der Waals surface area contributed by atoms with E-state index < -0.39 is 0 Å². The maximum Gasteiger partial charge on any atom is 0.221 e. The highest BCUT2D eigenvalue weighted by Gasteiger charge is 2.16. The molecular weight excluding hydrogens is 266 g/mol. The number of carbonyl (C=O) groups is 1. The summed E-state index contributed by atoms with van der Waals surface area (Å²) >= 11 is 3.52. The van der Waals surface area contributed by atoms with Crippen molar-refractivity contribution in [2.75, 3.05) is 10.6 Å². The summed E-state index contributed by atoms with van der Waals surface area (Å²) in [6.07, 6.45) is 0.992. The van der Waals surface area contributed by atoms with Crippen molar-refractivity contribution < 1.29 is 4.79 Å². The van der Waals surface area contributed by atoms with Crippen LogP contribution >= 0.6 is 15.9 Å². The molecule has 0 aliphatic heterocycles. The second kappa shape index (κ2) is 5.48. The number of rotatable bonds is 4. The quantitative estimate of drug-likeness (QED) is 0.841. The van der Waals surface area contributed by atoms with Crippen LogP contribution in [0, 0.1) is 5.41 Å². The van der Waals surface area contributed by atoms with Gasteiger partial charge in [-0.1, -0.05) is 41.9 Å². The van der Waals surface area contributed by atoms with E-state index in [2.05, 4.69) is 41.2 Å². The van der Waals surface area contributed by atoms with Gasteiger partial charge in [-0.2, -0.15) is 0 Å². The molecule has 0 atom stereocenters. The minimum absolute atomic E-state index is 0.0306. The lowest BCUT2D eigenvalue weighted by atomic mass is 9.88. The molecule has 0 aromatic heterocycles. The molecule has 2 nitrogen and oxygen atoms in total. The van der Waals surface area contributed by atoms with Crippen LogP contribution in [0.25, 0.3) is 0 Å². The van der Waals surface area contributed by atoms with E-state index in [1.807, 2.05) is 18.2 Å². The van der Waals surface area contributed by atoms with Crippen LogP contribution in [-0.2, 0) is 11.2 Å². The molecule has 0 fully saturated rings. The lowest BCUT2D eigenvalue weighted by molar-refractivity contribution is -0.114. The standard InChI is InChI=1S/C13H18BrNO/c1-10(16)15-12-6-4-5-11(7-12)8-13(2,3)9-14/h4-7H,8-9H2,1-3H3,(H,15,16). The molecule has 0 heterocycles. The van der Waals surface area contributed by atoms with Gasteiger partial charge < -0.3 is 5.32 Å².